The van der Waals surface area contributed by atoms with E-state index in [0.717, 1.165) is 10.6 Å². The summed E-state index contributed by atoms with van der Waals surface area (Å²) in [5, 5.41) is 0. The van der Waals surface area contributed by atoms with Gasteiger partial charge in [-0.3, -0.25) is 0 Å². The third-order valence-electron chi connectivity index (χ3n) is 1.40. The molecule has 15 heavy (non-hydrogen) atoms. The molecular weight excluding hydrogens is 249 g/mol. The van der Waals surface area contributed by atoms with E-state index in [1.54, 1.807) is 12.1 Å². The molecule has 1 aromatic rings. The zero-order valence-corrected chi connectivity index (χ0v) is 9.12. The number of hydrogen-bond acceptors (Lipinski definition) is 2. The molecule has 0 spiro atoms. The number of hydrogen-bond donors (Lipinski definition) is 0. The maximum absolute atomic E-state index is 11.8. The molecule has 84 valence electrons. The summed E-state index contributed by atoms with van der Waals surface area (Å²) in [4.78, 5) is 0.866. The van der Waals surface area contributed by atoms with Gasteiger partial charge in [0.05, 0.1) is 0 Å². The predicted molar refractivity (Wildman–Crippen MR) is 54.6 cm³/mol. The molecule has 0 saturated carbocycles. The van der Waals surface area contributed by atoms with Gasteiger partial charge in [0, 0.05) is 16.5 Å². The lowest BCUT2D eigenvalue weighted by Crippen LogP contribution is -2.16. The highest BCUT2D eigenvalue weighted by atomic mass is 35.5. The highest BCUT2D eigenvalue weighted by molar-refractivity contribution is 7.99. The van der Waals surface area contributed by atoms with Crippen LogP contribution in [0.1, 0.15) is 0 Å². The van der Waals surface area contributed by atoms with Crippen LogP contribution in [0.3, 0.4) is 0 Å². The summed E-state index contributed by atoms with van der Waals surface area (Å²) < 4.78 is 39.1. The zero-order chi connectivity index (χ0) is 11.3. The molecule has 0 N–H and O–H groups in total. The van der Waals surface area contributed by atoms with Gasteiger partial charge in [-0.25, -0.2) is 0 Å². The minimum Gasteiger partial charge on any atom is -0.406 e. The summed E-state index contributed by atoms with van der Waals surface area (Å²) in [5.74, 6) is 1.02. The fraction of sp³-hybridized carbons (Fsp3) is 0.333. The van der Waals surface area contributed by atoms with Gasteiger partial charge in [-0.15, -0.1) is 36.5 Å². The molecule has 0 atom stereocenters. The summed E-state index contributed by atoms with van der Waals surface area (Å²) >= 11 is 6.95. The zero-order valence-electron chi connectivity index (χ0n) is 7.55. The first-order valence-corrected chi connectivity index (χ1v) is 5.58. The van der Waals surface area contributed by atoms with Gasteiger partial charge in [0.1, 0.15) is 5.75 Å². The fourth-order valence-corrected chi connectivity index (χ4v) is 1.77. The molecule has 0 aliphatic rings. The summed E-state index contributed by atoms with van der Waals surface area (Å²) in [5.41, 5.74) is 0. The second kappa shape index (κ2) is 5.51. The molecule has 6 heteroatoms. The Morgan fingerprint density at radius 2 is 1.80 bits per heavy atom. The van der Waals surface area contributed by atoms with Crippen molar-refractivity contribution in [1.82, 2.24) is 0 Å². The van der Waals surface area contributed by atoms with Crippen LogP contribution in [0.15, 0.2) is 29.2 Å². The summed E-state index contributed by atoms with van der Waals surface area (Å²) in [6.45, 7) is 0. The van der Waals surface area contributed by atoms with Crippen LogP contribution < -0.4 is 4.74 Å². The Hall–Kier alpha value is -0.550. The van der Waals surface area contributed by atoms with Crippen LogP contribution in [0.2, 0.25) is 0 Å². The first-order chi connectivity index (χ1) is 7.01. The standard InChI is InChI=1S/C9H8ClF3OS/c10-5-6-15-8-3-1-7(2-4-8)14-9(11,12)13/h1-4H,5-6H2. The fourth-order valence-electron chi connectivity index (χ4n) is 0.894. The van der Waals surface area contributed by atoms with Gasteiger partial charge < -0.3 is 4.74 Å². The van der Waals surface area contributed by atoms with Crippen molar-refractivity contribution in [2.24, 2.45) is 0 Å². The molecule has 0 amide bonds. The minimum atomic E-state index is -4.63. The van der Waals surface area contributed by atoms with Gasteiger partial charge in [-0.2, -0.15) is 0 Å². The van der Waals surface area contributed by atoms with E-state index in [-0.39, 0.29) is 5.75 Å². The van der Waals surface area contributed by atoms with Crippen LogP contribution in [0.4, 0.5) is 13.2 Å². The van der Waals surface area contributed by atoms with Gasteiger partial charge in [0.15, 0.2) is 0 Å². The number of halogens is 4. The van der Waals surface area contributed by atoms with E-state index >= 15 is 0 Å². The number of rotatable bonds is 4. The SMILES string of the molecule is FC(F)(F)Oc1ccc(SCCCl)cc1. The van der Waals surface area contributed by atoms with Crippen LogP contribution in [-0.4, -0.2) is 18.0 Å². The van der Waals surface area contributed by atoms with Crippen LogP contribution in [0.25, 0.3) is 0 Å². The molecule has 1 aromatic carbocycles. The predicted octanol–water partition coefficient (Wildman–Crippen LogP) is 3.92. The average Bonchev–Trinajstić information content (AvgIpc) is 2.14. The molecule has 0 saturated heterocycles. The summed E-state index contributed by atoms with van der Waals surface area (Å²) in [7, 11) is 0. The lowest BCUT2D eigenvalue weighted by molar-refractivity contribution is -0.274. The third-order valence-corrected chi connectivity index (χ3v) is 2.83. The van der Waals surface area contributed by atoms with Crippen molar-refractivity contribution in [2.45, 2.75) is 11.3 Å². The molecule has 1 nitrogen and oxygen atoms in total. The summed E-state index contributed by atoms with van der Waals surface area (Å²) in [6, 6.07) is 5.70. The quantitative estimate of drug-likeness (QED) is 0.597. The molecule has 1 rings (SSSR count). The van der Waals surface area contributed by atoms with Crippen LogP contribution in [0.5, 0.6) is 5.75 Å². The Morgan fingerprint density at radius 1 is 1.20 bits per heavy atom. The van der Waals surface area contributed by atoms with Crippen molar-refractivity contribution in [3.8, 4) is 5.75 Å². The van der Waals surface area contributed by atoms with E-state index in [1.165, 1.54) is 23.9 Å². The summed E-state index contributed by atoms with van der Waals surface area (Å²) in [6.07, 6.45) is -4.63. The van der Waals surface area contributed by atoms with Crippen molar-refractivity contribution >= 4 is 23.4 Å². The van der Waals surface area contributed by atoms with Crippen LogP contribution in [-0.2, 0) is 0 Å². The maximum atomic E-state index is 11.8. The highest BCUT2D eigenvalue weighted by Crippen LogP contribution is 2.25. The minimum absolute atomic E-state index is 0.210. The van der Waals surface area contributed by atoms with Crippen LogP contribution >= 0.6 is 23.4 Å². The Morgan fingerprint density at radius 3 is 2.27 bits per heavy atom. The molecule has 0 aromatic heterocycles. The van der Waals surface area contributed by atoms with Gasteiger partial charge in [-0.1, -0.05) is 0 Å². The molecule has 0 aliphatic heterocycles. The van der Waals surface area contributed by atoms with Crippen molar-refractivity contribution in [3.63, 3.8) is 0 Å². The smallest absolute Gasteiger partial charge is 0.406 e. The molecule has 0 heterocycles. The topological polar surface area (TPSA) is 9.23 Å². The van der Waals surface area contributed by atoms with E-state index in [9.17, 15) is 13.2 Å². The number of benzene rings is 1. The van der Waals surface area contributed by atoms with E-state index < -0.39 is 6.36 Å². The van der Waals surface area contributed by atoms with Gasteiger partial charge >= 0.3 is 6.36 Å². The Kier molecular flexibility index (Phi) is 4.60. The first-order valence-electron chi connectivity index (χ1n) is 4.06. The Labute approximate surface area is 94.6 Å². The van der Waals surface area contributed by atoms with Crippen molar-refractivity contribution < 1.29 is 17.9 Å². The van der Waals surface area contributed by atoms with Crippen molar-refractivity contribution in [1.29, 1.82) is 0 Å². The molecular formula is C9H8ClF3OS. The molecule has 0 aliphatic carbocycles. The second-order valence-corrected chi connectivity index (χ2v) is 4.10. The molecule has 0 radical (unpaired) electrons. The Bertz CT molecular complexity index is 299. The lowest BCUT2D eigenvalue weighted by atomic mass is 10.3. The molecule has 0 fully saturated rings. The number of thioether (sulfide) groups is 1. The van der Waals surface area contributed by atoms with E-state index in [1.807, 2.05) is 0 Å². The maximum Gasteiger partial charge on any atom is 0.573 e. The molecule has 0 bridgehead atoms. The highest BCUT2D eigenvalue weighted by Gasteiger charge is 2.30. The largest absolute Gasteiger partial charge is 0.573 e. The second-order valence-electron chi connectivity index (χ2n) is 2.56. The van der Waals surface area contributed by atoms with E-state index in [4.69, 9.17) is 11.6 Å². The van der Waals surface area contributed by atoms with Crippen molar-refractivity contribution in [3.05, 3.63) is 24.3 Å². The Balaban J connectivity index is 2.56. The number of alkyl halides is 4. The van der Waals surface area contributed by atoms with Gasteiger partial charge in [0.2, 0.25) is 0 Å². The first kappa shape index (κ1) is 12.5. The van der Waals surface area contributed by atoms with E-state index in [0.29, 0.717) is 5.88 Å². The molecule has 0 unspecified atom stereocenters. The van der Waals surface area contributed by atoms with Crippen molar-refractivity contribution in [2.75, 3.05) is 11.6 Å². The van der Waals surface area contributed by atoms with E-state index in [2.05, 4.69) is 4.74 Å². The monoisotopic (exact) mass is 256 g/mol. The normalized spacial score (nSPS) is 11.5. The average molecular weight is 257 g/mol. The number of ether oxygens (including phenoxy) is 1. The third kappa shape index (κ3) is 5.18. The lowest BCUT2D eigenvalue weighted by Gasteiger charge is -2.08. The van der Waals surface area contributed by atoms with Gasteiger partial charge in [0.25, 0.3) is 0 Å². The van der Waals surface area contributed by atoms with Gasteiger partial charge in [-0.05, 0) is 24.3 Å². The van der Waals surface area contributed by atoms with Crippen LogP contribution in [0, 0.1) is 0 Å².